The highest BCUT2D eigenvalue weighted by molar-refractivity contribution is 7.91. The van der Waals surface area contributed by atoms with E-state index >= 15 is 0 Å². The Morgan fingerprint density at radius 3 is 2.31 bits per heavy atom. The smallest absolute Gasteiger partial charge is 0.261 e. The van der Waals surface area contributed by atoms with Gasteiger partial charge in [-0.3, -0.25) is 14.5 Å². The number of rotatable bonds is 5. The molecule has 0 aromatic heterocycles. The highest BCUT2D eigenvalue weighted by atomic mass is 32.2. The molecule has 0 saturated carbocycles. The number of benzene rings is 2. The largest absolute Gasteiger partial charge is 0.545 e. The Kier molecular flexibility index (Phi) is 4.71. The summed E-state index contributed by atoms with van der Waals surface area (Å²) in [6.45, 7) is 0.728. The Labute approximate surface area is 166 Å². The minimum Gasteiger partial charge on any atom is -0.545 e. The van der Waals surface area contributed by atoms with Crippen molar-refractivity contribution in [3.63, 3.8) is 0 Å². The van der Waals surface area contributed by atoms with Crippen LogP contribution in [0.15, 0.2) is 52.3 Å². The van der Waals surface area contributed by atoms with E-state index < -0.39 is 27.6 Å². The fourth-order valence-electron chi connectivity index (χ4n) is 3.50. The van der Waals surface area contributed by atoms with Gasteiger partial charge in [0.25, 0.3) is 11.8 Å². The summed E-state index contributed by atoms with van der Waals surface area (Å²) in [6, 6.07) is 8.36. The molecule has 1 saturated heterocycles. The first-order valence-corrected chi connectivity index (χ1v) is 10.5. The van der Waals surface area contributed by atoms with Crippen molar-refractivity contribution in [1.82, 2.24) is 4.90 Å². The van der Waals surface area contributed by atoms with Crippen LogP contribution in [0.2, 0.25) is 0 Å². The van der Waals surface area contributed by atoms with Gasteiger partial charge in [0.05, 0.1) is 39.5 Å². The standard InChI is InChI=1S/C20H17NO7S/c22-18-16-8-7-15(29(26,27)14-5-3-12(4-6-14)20(24)25)10-17(16)19(23)21(18)11-13-2-1-9-28-13/h3-8,10,13H,1-2,9,11H2,(H,24,25)/p-1/t13-/m1/s1. The molecule has 0 spiro atoms. The van der Waals surface area contributed by atoms with Gasteiger partial charge >= 0.3 is 0 Å². The summed E-state index contributed by atoms with van der Waals surface area (Å²) >= 11 is 0. The van der Waals surface area contributed by atoms with Gasteiger partial charge in [0.15, 0.2) is 0 Å². The molecule has 1 atom stereocenters. The van der Waals surface area contributed by atoms with Crippen LogP contribution in [-0.4, -0.2) is 50.4 Å². The number of ether oxygens (including phenoxy) is 1. The van der Waals surface area contributed by atoms with Crippen LogP contribution in [0, 0.1) is 0 Å². The summed E-state index contributed by atoms with van der Waals surface area (Å²) in [4.78, 5) is 36.9. The first kappa shape index (κ1) is 19.3. The van der Waals surface area contributed by atoms with Gasteiger partial charge in [-0.15, -0.1) is 0 Å². The summed E-state index contributed by atoms with van der Waals surface area (Å²) < 4.78 is 31.2. The maximum atomic E-state index is 12.9. The molecular formula is C20H16NO7S-. The molecule has 0 aliphatic carbocycles. The predicted octanol–water partition coefficient (Wildman–Crippen LogP) is 0.658. The monoisotopic (exact) mass is 414 g/mol. The van der Waals surface area contributed by atoms with Gasteiger partial charge in [0.2, 0.25) is 9.84 Å². The molecule has 0 bridgehead atoms. The number of nitrogens with zero attached hydrogens (tertiary/aromatic N) is 1. The average Bonchev–Trinajstić information content (AvgIpc) is 3.31. The molecule has 0 radical (unpaired) electrons. The van der Waals surface area contributed by atoms with Gasteiger partial charge in [-0.2, -0.15) is 0 Å². The van der Waals surface area contributed by atoms with Crippen molar-refractivity contribution in [3.8, 4) is 0 Å². The number of carboxylic acids is 1. The molecular weight excluding hydrogens is 398 g/mol. The zero-order valence-electron chi connectivity index (χ0n) is 15.2. The third-order valence-corrected chi connectivity index (χ3v) is 6.83. The van der Waals surface area contributed by atoms with Crippen LogP contribution in [0.1, 0.15) is 43.9 Å². The predicted molar refractivity (Wildman–Crippen MR) is 97.0 cm³/mol. The van der Waals surface area contributed by atoms with Crippen LogP contribution in [-0.2, 0) is 14.6 Å². The van der Waals surface area contributed by atoms with Crippen molar-refractivity contribution < 1.29 is 32.6 Å². The van der Waals surface area contributed by atoms with E-state index in [0.717, 1.165) is 42.0 Å². The zero-order chi connectivity index (χ0) is 20.8. The lowest BCUT2D eigenvalue weighted by atomic mass is 10.1. The Hall–Kier alpha value is -3.04. The zero-order valence-corrected chi connectivity index (χ0v) is 16.0. The van der Waals surface area contributed by atoms with Gasteiger partial charge in [-0.25, -0.2) is 8.42 Å². The van der Waals surface area contributed by atoms with E-state index in [0.29, 0.717) is 6.61 Å². The van der Waals surface area contributed by atoms with E-state index in [1.54, 1.807) is 0 Å². The van der Waals surface area contributed by atoms with Gasteiger partial charge < -0.3 is 14.6 Å². The normalized spacial score (nSPS) is 18.9. The molecule has 2 aliphatic heterocycles. The number of carboxylic acid groups (broad SMARTS) is 1. The van der Waals surface area contributed by atoms with Crippen molar-refractivity contribution in [1.29, 1.82) is 0 Å². The summed E-state index contributed by atoms with van der Waals surface area (Å²) in [5, 5.41) is 10.8. The van der Waals surface area contributed by atoms with Gasteiger partial charge in [0, 0.05) is 6.61 Å². The van der Waals surface area contributed by atoms with Crippen LogP contribution in [0.25, 0.3) is 0 Å². The summed E-state index contributed by atoms with van der Waals surface area (Å²) in [6.07, 6.45) is 1.42. The summed E-state index contributed by atoms with van der Waals surface area (Å²) in [7, 11) is -4.00. The fraction of sp³-hybridized carbons (Fsp3) is 0.250. The summed E-state index contributed by atoms with van der Waals surface area (Å²) in [5.41, 5.74) is 0.0307. The first-order chi connectivity index (χ1) is 13.8. The lowest BCUT2D eigenvalue weighted by Gasteiger charge is -2.17. The third kappa shape index (κ3) is 3.32. The van der Waals surface area contributed by atoms with Crippen molar-refractivity contribution in [2.24, 2.45) is 0 Å². The van der Waals surface area contributed by atoms with Gasteiger partial charge in [-0.05, 0) is 48.7 Å². The Bertz CT molecular complexity index is 1120. The number of amides is 2. The number of hydrogen-bond donors (Lipinski definition) is 0. The molecule has 2 aliphatic rings. The van der Waals surface area contributed by atoms with E-state index in [1.807, 2.05) is 0 Å². The Morgan fingerprint density at radius 1 is 1.03 bits per heavy atom. The van der Waals surface area contributed by atoms with E-state index in [1.165, 1.54) is 18.2 Å². The Morgan fingerprint density at radius 2 is 1.69 bits per heavy atom. The van der Waals surface area contributed by atoms with E-state index in [-0.39, 0.29) is 39.1 Å². The molecule has 8 nitrogen and oxygen atoms in total. The Balaban J connectivity index is 1.65. The van der Waals surface area contributed by atoms with Crippen LogP contribution in [0.3, 0.4) is 0 Å². The van der Waals surface area contributed by atoms with Crippen molar-refractivity contribution in [2.45, 2.75) is 28.7 Å². The number of carbonyl (C=O) groups is 3. The average molecular weight is 414 g/mol. The number of carbonyl (C=O) groups excluding carboxylic acids is 3. The number of fused-ring (bicyclic) bond motifs is 1. The second-order valence-electron chi connectivity index (χ2n) is 6.88. The van der Waals surface area contributed by atoms with Crippen LogP contribution >= 0.6 is 0 Å². The molecule has 9 heteroatoms. The fourth-order valence-corrected chi connectivity index (χ4v) is 4.79. The molecule has 0 unspecified atom stereocenters. The maximum absolute atomic E-state index is 12.9. The minimum atomic E-state index is -4.00. The van der Waals surface area contributed by atoms with Gasteiger partial charge in [-0.1, -0.05) is 12.1 Å². The highest BCUT2D eigenvalue weighted by Crippen LogP contribution is 2.29. The molecule has 4 rings (SSSR count). The molecule has 2 heterocycles. The van der Waals surface area contributed by atoms with Crippen LogP contribution in [0.5, 0.6) is 0 Å². The van der Waals surface area contributed by atoms with Crippen molar-refractivity contribution in [2.75, 3.05) is 13.2 Å². The highest BCUT2D eigenvalue weighted by Gasteiger charge is 2.38. The third-order valence-electron chi connectivity index (χ3n) is 5.06. The van der Waals surface area contributed by atoms with E-state index in [2.05, 4.69) is 0 Å². The molecule has 2 aromatic rings. The molecule has 1 fully saturated rings. The number of imide groups is 1. The maximum Gasteiger partial charge on any atom is 0.261 e. The second kappa shape index (κ2) is 7.09. The number of aromatic carboxylic acids is 1. The van der Waals surface area contributed by atoms with Crippen molar-refractivity contribution >= 4 is 27.6 Å². The number of hydrogen-bond acceptors (Lipinski definition) is 7. The second-order valence-corrected chi connectivity index (χ2v) is 8.83. The molecule has 150 valence electrons. The van der Waals surface area contributed by atoms with Crippen molar-refractivity contribution in [3.05, 3.63) is 59.2 Å². The molecule has 0 N–H and O–H groups in total. The first-order valence-electron chi connectivity index (χ1n) is 8.97. The van der Waals surface area contributed by atoms with E-state index in [9.17, 15) is 27.9 Å². The lowest BCUT2D eigenvalue weighted by molar-refractivity contribution is -0.255. The lowest BCUT2D eigenvalue weighted by Crippen LogP contribution is -2.36. The molecule has 2 amide bonds. The SMILES string of the molecule is O=C([O-])c1ccc(S(=O)(=O)c2ccc3c(c2)C(=O)N(C[C@H]2CCCO2)C3=O)cc1. The van der Waals surface area contributed by atoms with E-state index in [4.69, 9.17) is 4.74 Å². The van der Waals surface area contributed by atoms with Crippen LogP contribution < -0.4 is 5.11 Å². The summed E-state index contributed by atoms with van der Waals surface area (Å²) in [5.74, 6) is -2.44. The topological polar surface area (TPSA) is 121 Å². The van der Waals surface area contributed by atoms with Gasteiger partial charge in [0.1, 0.15) is 0 Å². The number of sulfone groups is 1. The quantitative estimate of drug-likeness (QED) is 0.659. The molecule has 2 aromatic carbocycles. The molecule has 29 heavy (non-hydrogen) atoms. The van der Waals surface area contributed by atoms with Crippen LogP contribution in [0.4, 0.5) is 0 Å². The minimum absolute atomic E-state index is 0.0282.